The Kier molecular flexibility index (Phi) is 11.2. The summed E-state index contributed by atoms with van der Waals surface area (Å²) in [4.78, 5) is 12.0. The number of hydrogen-bond donors (Lipinski definition) is 4. The predicted molar refractivity (Wildman–Crippen MR) is 160 cm³/mol. The first kappa shape index (κ1) is 28.6. The third-order valence-corrected chi connectivity index (χ3v) is 5.72. The fourth-order valence-electron chi connectivity index (χ4n) is 3.66. The Morgan fingerprint density at radius 1 is 0.846 bits per heavy atom. The number of phenols is 1. The molecule has 0 saturated heterocycles. The van der Waals surface area contributed by atoms with Gasteiger partial charge in [-0.25, -0.2) is 0 Å². The Labute approximate surface area is 229 Å². The van der Waals surface area contributed by atoms with E-state index in [1.807, 2.05) is 91.0 Å². The second kappa shape index (κ2) is 15.3. The van der Waals surface area contributed by atoms with Crippen molar-refractivity contribution < 1.29 is 14.6 Å². The van der Waals surface area contributed by atoms with Gasteiger partial charge in [-0.15, -0.1) is 0 Å². The SMILES string of the molecule is N=C1C=CC=CC1=N.Nc1cc(CCC(=O)OC/C=C/c2ccccc2)cc(C/C=C/c2ccccc2)c1O. The van der Waals surface area contributed by atoms with E-state index < -0.39 is 0 Å². The molecule has 0 spiro atoms. The van der Waals surface area contributed by atoms with Crippen LogP contribution in [-0.2, 0) is 22.4 Å². The highest BCUT2D eigenvalue weighted by molar-refractivity contribution is 6.48. The minimum absolute atomic E-state index is 0.0927. The molecule has 5 N–H and O–H groups in total. The smallest absolute Gasteiger partial charge is 0.306 e. The lowest BCUT2D eigenvalue weighted by Crippen LogP contribution is -2.06. The van der Waals surface area contributed by atoms with Crippen molar-refractivity contribution in [3.63, 3.8) is 0 Å². The molecule has 6 nitrogen and oxygen atoms in total. The Bertz CT molecular complexity index is 1370. The Balaban J connectivity index is 0.000000449. The molecule has 0 bridgehead atoms. The number of esters is 1. The molecule has 0 saturated carbocycles. The van der Waals surface area contributed by atoms with Gasteiger partial charge in [0, 0.05) is 12.0 Å². The van der Waals surface area contributed by atoms with Gasteiger partial charge in [-0.2, -0.15) is 0 Å². The van der Waals surface area contributed by atoms with Gasteiger partial charge in [-0.1, -0.05) is 97.1 Å². The zero-order valence-corrected chi connectivity index (χ0v) is 21.7. The molecule has 6 heteroatoms. The highest BCUT2D eigenvalue weighted by Gasteiger charge is 2.09. The number of nitrogens with one attached hydrogen (secondary N) is 2. The molecule has 0 aromatic heterocycles. The zero-order chi connectivity index (χ0) is 27.9. The van der Waals surface area contributed by atoms with Gasteiger partial charge in [-0.3, -0.25) is 15.6 Å². The summed E-state index contributed by atoms with van der Waals surface area (Å²) >= 11 is 0. The summed E-state index contributed by atoms with van der Waals surface area (Å²) in [5.41, 5.74) is 10.6. The number of carbonyl (C=O) groups excluding carboxylic acids is 1. The van der Waals surface area contributed by atoms with Crippen LogP contribution in [0.2, 0.25) is 0 Å². The number of aryl methyl sites for hydroxylation is 1. The molecule has 0 unspecified atom stereocenters. The molecule has 39 heavy (non-hydrogen) atoms. The van der Waals surface area contributed by atoms with Crippen molar-refractivity contribution in [2.24, 2.45) is 0 Å². The maximum atomic E-state index is 12.0. The number of rotatable bonds is 9. The largest absolute Gasteiger partial charge is 0.505 e. The van der Waals surface area contributed by atoms with E-state index in [1.54, 1.807) is 30.4 Å². The first-order chi connectivity index (χ1) is 18.9. The number of carbonyl (C=O) groups is 1. The van der Waals surface area contributed by atoms with Crippen molar-refractivity contribution in [3.8, 4) is 5.75 Å². The van der Waals surface area contributed by atoms with E-state index in [0.717, 1.165) is 22.3 Å². The van der Waals surface area contributed by atoms with Crippen LogP contribution in [0.25, 0.3) is 12.2 Å². The molecule has 3 aromatic rings. The first-order valence-electron chi connectivity index (χ1n) is 12.6. The highest BCUT2D eigenvalue weighted by atomic mass is 16.5. The molecule has 0 amide bonds. The maximum Gasteiger partial charge on any atom is 0.306 e. The molecular formula is C33H33N3O3. The monoisotopic (exact) mass is 519 g/mol. The summed E-state index contributed by atoms with van der Waals surface area (Å²) in [6, 6.07) is 23.4. The quantitative estimate of drug-likeness (QED) is 0.111. The summed E-state index contributed by atoms with van der Waals surface area (Å²) in [5.74, 6) is -0.176. The van der Waals surface area contributed by atoms with Gasteiger partial charge in [-0.05, 0) is 53.8 Å². The number of allylic oxidation sites excluding steroid dienone is 5. The third kappa shape index (κ3) is 10.1. The van der Waals surface area contributed by atoms with Crippen LogP contribution in [-0.4, -0.2) is 29.1 Å². The molecule has 1 aliphatic rings. The average Bonchev–Trinajstić information content (AvgIpc) is 2.95. The topological polar surface area (TPSA) is 120 Å². The van der Waals surface area contributed by atoms with Crippen LogP contribution in [0.1, 0.15) is 28.7 Å². The maximum absolute atomic E-state index is 12.0. The van der Waals surface area contributed by atoms with Crippen molar-refractivity contribution in [1.29, 1.82) is 10.8 Å². The number of nitrogen functional groups attached to an aromatic ring is 1. The lowest BCUT2D eigenvalue weighted by molar-refractivity contribution is -0.142. The standard InChI is InChI=1S/C27H27NO3.C6H6N2/c28-25-20-23(16-17-26(29)31-18-8-14-22-11-5-2-6-12-22)19-24(27(25)30)15-7-13-21-9-3-1-4-10-21;7-5-3-1-2-4-6(5)8/h1-14,19-20,30H,15-18,28H2;1-4,7-8H/b13-7+,14-8+;. The van der Waals surface area contributed by atoms with Gasteiger partial charge in [0.2, 0.25) is 0 Å². The summed E-state index contributed by atoms with van der Waals surface area (Å²) in [7, 11) is 0. The Morgan fingerprint density at radius 3 is 1.97 bits per heavy atom. The summed E-state index contributed by atoms with van der Waals surface area (Å²) < 4.78 is 5.27. The molecule has 0 aliphatic heterocycles. The van der Waals surface area contributed by atoms with Crippen LogP contribution in [0.5, 0.6) is 5.75 Å². The molecule has 4 rings (SSSR count). The average molecular weight is 520 g/mol. The highest BCUT2D eigenvalue weighted by Crippen LogP contribution is 2.28. The van der Waals surface area contributed by atoms with E-state index in [1.165, 1.54) is 0 Å². The molecule has 0 radical (unpaired) electrons. The Hall–Kier alpha value is -4.97. The number of nitrogens with two attached hydrogens (primary N) is 1. The first-order valence-corrected chi connectivity index (χ1v) is 12.6. The van der Waals surface area contributed by atoms with Crippen LogP contribution < -0.4 is 5.73 Å². The number of ether oxygens (including phenoxy) is 1. The van der Waals surface area contributed by atoms with Crippen molar-refractivity contribution in [2.75, 3.05) is 12.3 Å². The van der Waals surface area contributed by atoms with Crippen LogP contribution in [0.4, 0.5) is 5.69 Å². The van der Waals surface area contributed by atoms with Crippen LogP contribution in [0, 0.1) is 10.8 Å². The van der Waals surface area contributed by atoms with Gasteiger partial charge in [0.15, 0.2) is 0 Å². The van der Waals surface area contributed by atoms with Crippen LogP contribution in [0.15, 0.2) is 109 Å². The number of hydrogen-bond acceptors (Lipinski definition) is 6. The number of phenolic OH excluding ortho intramolecular Hbond substituents is 1. The van der Waals surface area contributed by atoms with Gasteiger partial charge in [0.05, 0.1) is 17.1 Å². The van der Waals surface area contributed by atoms with Crippen molar-refractivity contribution in [1.82, 2.24) is 0 Å². The molecule has 3 aromatic carbocycles. The molecule has 0 heterocycles. The molecule has 198 valence electrons. The van der Waals surface area contributed by atoms with Crippen LogP contribution >= 0.6 is 0 Å². The van der Waals surface area contributed by atoms with Gasteiger partial charge < -0.3 is 15.6 Å². The van der Waals surface area contributed by atoms with E-state index in [4.69, 9.17) is 21.3 Å². The Morgan fingerprint density at radius 2 is 1.41 bits per heavy atom. The predicted octanol–water partition coefficient (Wildman–Crippen LogP) is 6.57. The van der Waals surface area contributed by atoms with E-state index in [9.17, 15) is 9.90 Å². The van der Waals surface area contributed by atoms with Crippen molar-refractivity contribution in [2.45, 2.75) is 19.3 Å². The van der Waals surface area contributed by atoms with Crippen LogP contribution in [0.3, 0.4) is 0 Å². The van der Waals surface area contributed by atoms with E-state index in [2.05, 4.69) is 0 Å². The number of aromatic hydroxyl groups is 1. The fourth-order valence-corrected chi connectivity index (χ4v) is 3.66. The lowest BCUT2D eigenvalue weighted by atomic mass is 10.0. The number of benzene rings is 3. The van der Waals surface area contributed by atoms with E-state index in [0.29, 0.717) is 18.5 Å². The van der Waals surface area contributed by atoms with E-state index in [-0.39, 0.29) is 36.2 Å². The van der Waals surface area contributed by atoms with Crippen molar-refractivity contribution >= 4 is 35.2 Å². The molecule has 1 aliphatic carbocycles. The van der Waals surface area contributed by atoms with Gasteiger partial charge in [0.25, 0.3) is 0 Å². The number of anilines is 1. The molecule has 0 fully saturated rings. The van der Waals surface area contributed by atoms with Gasteiger partial charge >= 0.3 is 5.97 Å². The minimum Gasteiger partial charge on any atom is -0.505 e. The summed E-state index contributed by atoms with van der Waals surface area (Å²) in [5, 5.41) is 24.3. The lowest BCUT2D eigenvalue weighted by Gasteiger charge is -2.09. The van der Waals surface area contributed by atoms with Gasteiger partial charge in [0.1, 0.15) is 12.4 Å². The molecule has 0 atom stereocenters. The third-order valence-electron chi connectivity index (χ3n) is 5.72. The fraction of sp³-hybridized carbons (Fsp3) is 0.121. The normalized spacial score (nSPS) is 12.5. The second-order valence-corrected chi connectivity index (χ2v) is 8.75. The zero-order valence-electron chi connectivity index (χ0n) is 21.7. The van der Waals surface area contributed by atoms with Crippen molar-refractivity contribution in [3.05, 3.63) is 132 Å². The minimum atomic E-state index is -0.269. The summed E-state index contributed by atoms with van der Waals surface area (Å²) in [6.07, 6.45) is 15.7. The summed E-state index contributed by atoms with van der Waals surface area (Å²) in [6.45, 7) is 0.237. The van der Waals surface area contributed by atoms with E-state index >= 15 is 0 Å². The molecular weight excluding hydrogens is 486 g/mol. The second-order valence-electron chi connectivity index (χ2n) is 8.75.